The lowest BCUT2D eigenvalue weighted by atomic mass is 10.1. The molecule has 0 saturated carbocycles. The standard InChI is InChI=1S/C69H108O6/c1-4-7-10-13-16-19-22-25-28-29-30-31-32-33-34-35-36-37-38-39-42-44-47-50-53-56-59-62-68(71)74-65-66(75-69(72)63-60-57-54-51-48-45-41-27-24-21-18-15-12-9-6-3)64-73-67(70)61-58-55-52-49-46-43-40-26-23-20-17-14-11-8-5-2/h7,9-10,12,16,18-19,21,25-28,30-31,33-34,36-37,39-42,47-48,50-51,66H,4-6,8,11,13-15,17,20,22-24,29,32,35,38,43-46,49,52-65H2,1-3H3/b10-7-,12-9-,19-16-,21-18-,28-25-,31-30-,34-33-,37-36-,40-26-,41-27-,42-39-,50-47-,51-48-. The average molecular weight is 1030 g/mol. The first-order valence-corrected chi connectivity index (χ1v) is 30.0. The molecule has 1 atom stereocenters. The summed E-state index contributed by atoms with van der Waals surface area (Å²) in [6.45, 7) is 6.31. The minimum atomic E-state index is -0.829. The Morgan fingerprint density at radius 1 is 0.280 bits per heavy atom. The fourth-order valence-electron chi connectivity index (χ4n) is 7.56. The third-order valence-electron chi connectivity index (χ3n) is 12.0. The third kappa shape index (κ3) is 59.8. The maximum Gasteiger partial charge on any atom is 0.306 e. The monoisotopic (exact) mass is 1030 g/mol. The van der Waals surface area contributed by atoms with E-state index in [4.69, 9.17) is 14.2 Å². The number of carbonyl (C=O) groups excluding carboxylic acids is 3. The van der Waals surface area contributed by atoms with E-state index in [1.165, 1.54) is 51.4 Å². The molecular formula is C69H108O6. The van der Waals surface area contributed by atoms with Crippen LogP contribution in [-0.4, -0.2) is 37.2 Å². The van der Waals surface area contributed by atoms with Gasteiger partial charge in [0.25, 0.3) is 0 Å². The van der Waals surface area contributed by atoms with Crippen molar-refractivity contribution in [1.82, 2.24) is 0 Å². The van der Waals surface area contributed by atoms with Crippen LogP contribution in [0.2, 0.25) is 0 Å². The van der Waals surface area contributed by atoms with Gasteiger partial charge in [-0.2, -0.15) is 0 Å². The molecule has 0 aliphatic rings. The molecule has 0 radical (unpaired) electrons. The Morgan fingerprint density at radius 2 is 0.520 bits per heavy atom. The molecule has 0 N–H and O–H groups in total. The van der Waals surface area contributed by atoms with Crippen molar-refractivity contribution in [3.05, 3.63) is 158 Å². The van der Waals surface area contributed by atoms with Gasteiger partial charge >= 0.3 is 17.9 Å². The number of ether oxygens (including phenoxy) is 3. The van der Waals surface area contributed by atoms with Crippen LogP contribution >= 0.6 is 0 Å². The third-order valence-corrected chi connectivity index (χ3v) is 12.0. The first-order valence-electron chi connectivity index (χ1n) is 30.0. The van der Waals surface area contributed by atoms with Gasteiger partial charge in [-0.25, -0.2) is 0 Å². The molecule has 0 aliphatic carbocycles. The van der Waals surface area contributed by atoms with Crippen molar-refractivity contribution in [3.8, 4) is 0 Å². The molecule has 0 aliphatic heterocycles. The van der Waals surface area contributed by atoms with Crippen LogP contribution in [0.5, 0.6) is 0 Å². The van der Waals surface area contributed by atoms with E-state index >= 15 is 0 Å². The lowest BCUT2D eigenvalue weighted by molar-refractivity contribution is -0.167. The van der Waals surface area contributed by atoms with E-state index in [2.05, 4.69) is 179 Å². The maximum atomic E-state index is 12.8. The number of esters is 3. The van der Waals surface area contributed by atoms with E-state index < -0.39 is 6.10 Å². The topological polar surface area (TPSA) is 78.9 Å². The Balaban J connectivity index is 4.51. The Morgan fingerprint density at radius 3 is 0.853 bits per heavy atom. The quantitative estimate of drug-likeness (QED) is 0.0261. The number of allylic oxidation sites excluding steroid dienone is 26. The molecule has 0 spiro atoms. The second kappa shape index (κ2) is 61.6. The highest BCUT2D eigenvalue weighted by Crippen LogP contribution is 2.12. The Bertz CT molecular complexity index is 1710. The molecular weight excluding hydrogens is 925 g/mol. The lowest BCUT2D eigenvalue weighted by Crippen LogP contribution is -2.30. The van der Waals surface area contributed by atoms with E-state index in [0.29, 0.717) is 19.3 Å². The van der Waals surface area contributed by atoms with Gasteiger partial charge in [0.15, 0.2) is 6.10 Å². The highest BCUT2D eigenvalue weighted by molar-refractivity contribution is 5.71. The fourth-order valence-corrected chi connectivity index (χ4v) is 7.56. The summed E-state index contributed by atoms with van der Waals surface area (Å²) in [4.78, 5) is 38.2. The van der Waals surface area contributed by atoms with E-state index in [1.807, 2.05) is 0 Å². The molecule has 0 saturated heterocycles. The average Bonchev–Trinajstić information content (AvgIpc) is 3.41. The summed E-state index contributed by atoms with van der Waals surface area (Å²) in [7, 11) is 0. The van der Waals surface area contributed by atoms with Crippen molar-refractivity contribution >= 4 is 17.9 Å². The molecule has 6 heteroatoms. The Hall–Kier alpha value is -4.97. The molecule has 1 unspecified atom stereocenters. The molecule has 0 rings (SSSR count). The zero-order valence-electron chi connectivity index (χ0n) is 48.0. The summed E-state index contributed by atoms with van der Waals surface area (Å²) in [6.07, 6.45) is 89.6. The van der Waals surface area contributed by atoms with Crippen LogP contribution in [0.1, 0.15) is 239 Å². The first kappa shape index (κ1) is 70.0. The predicted molar refractivity (Wildman–Crippen MR) is 325 cm³/mol. The molecule has 0 bridgehead atoms. The Labute approximate surface area is 460 Å². The van der Waals surface area contributed by atoms with Gasteiger partial charge in [0.05, 0.1) is 0 Å². The molecule has 6 nitrogen and oxygen atoms in total. The predicted octanol–water partition coefficient (Wildman–Crippen LogP) is 20.5. The van der Waals surface area contributed by atoms with Crippen molar-refractivity contribution in [3.63, 3.8) is 0 Å². The van der Waals surface area contributed by atoms with Crippen LogP contribution in [0.15, 0.2) is 158 Å². The zero-order valence-corrected chi connectivity index (χ0v) is 48.0. The van der Waals surface area contributed by atoms with Gasteiger partial charge in [0, 0.05) is 19.3 Å². The minimum Gasteiger partial charge on any atom is -0.462 e. The van der Waals surface area contributed by atoms with Crippen molar-refractivity contribution in [2.24, 2.45) is 0 Å². The summed E-state index contributed by atoms with van der Waals surface area (Å²) in [6, 6.07) is 0. The summed E-state index contributed by atoms with van der Waals surface area (Å²) >= 11 is 0. The van der Waals surface area contributed by atoms with Gasteiger partial charge in [0.1, 0.15) is 13.2 Å². The molecule has 0 heterocycles. The van der Waals surface area contributed by atoms with Gasteiger partial charge in [-0.05, 0) is 148 Å². The smallest absolute Gasteiger partial charge is 0.306 e. The van der Waals surface area contributed by atoms with Crippen LogP contribution in [0.4, 0.5) is 0 Å². The van der Waals surface area contributed by atoms with Gasteiger partial charge in [0.2, 0.25) is 0 Å². The van der Waals surface area contributed by atoms with Crippen molar-refractivity contribution in [1.29, 1.82) is 0 Å². The van der Waals surface area contributed by atoms with E-state index in [9.17, 15) is 14.4 Å². The van der Waals surface area contributed by atoms with Crippen molar-refractivity contribution in [2.75, 3.05) is 13.2 Å². The summed E-state index contributed by atoms with van der Waals surface area (Å²) in [5.41, 5.74) is 0. The van der Waals surface area contributed by atoms with Crippen molar-refractivity contribution < 1.29 is 28.6 Å². The van der Waals surface area contributed by atoms with Gasteiger partial charge in [-0.3, -0.25) is 14.4 Å². The Kier molecular flexibility index (Phi) is 57.5. The number of carbonyl (C=O) groups is 3. The van der Waals surface area contributed by atoms with Gasteiger partial charge < -0.3 is 14.2 Å². The van der Waals surface area contributed by atoms with Crippen LogP contribution in [-0.2, 0) is 28.6 Å². The van der Waals surface area contributed by atoms with Crippen LogP contribution in [0, 0.1) is 0 Å². The number of hydrogen-bond donors (Lipinski definition) is 0. The summed E-state index contributed by atoms with van der Waals surface area (Å²) in [5.74, 6) is -1.02. The molecule has 0 fully saturated rings. The highest BCUT2D eigenvalue weighted by Gasteiger charge is 2.19. The van der Waals surface area contributed by atoms with E-state index in [0.717, 1.165) is 135 Å². The van der Waals surface area contributed by atoms with E-state index in [1.54, 1.807) is 0 Å². The minimum absolute atomic E-state index is 0.120. The second-order valence-electron chi connectivity index (χ2n) is 19.1. The molecule has 0 aromatic heterocycles. The molecule has 0 aromatic carbocycles. The van der Waals surface area contributed by atoms with E-state index in [-0.39, 0.29) is 44.0 Å². The normalized spacial score (nSPS) is 13.3. The maximum absolute atomic E-state index is 12.8. The number of hydrogen-bond acceptors (Lipinski definition) is 6. The first-order chi connectivity index (χ1) is 37.0. The zero-order chi connectivity index (χ0) is 54.3. The number of unbranched alkanes of at least 4 members (excludes halogenated alkanes) is 15. The molecule has 420 valence electrons. The van der Waals surface area contributed by atoms with Crippen molar-refractivity contribution in [2.45, 2.75) is 245 Å². The second-order valence-corrected chi connectivity index (χ2v) is 19.1. The number of rotatable bonds is 52. The van der Waals surface area contributed by atoms with Gasteiger partial charge in [-0.1, -0.05) is 230 Å². The largest absolute Gasteiger partial charge is 0.462 e. The molecule has 75 heavy (non-hydrogen) atoms. The highest BCUT2D eigenvalue weighted by atomic mass is 16.6. The van der Waals surface area contributed by atoms with Crippen LogP contribution in [0.3, 0.4) is 0 Å². The van der Waals surface area contributed by atoms with Gasteiger partial charge in [-0.15, -0.1) is 0 Å². The summed E-state index contributed by atoms with van der Waals surface area (Å²) < 4.78 is 16.8. The summed E-state index contributed by atoms with van der Waals surface area (Å²) in [5, 5.41) is 0. The lowest BCUT2D eigenvalue weighted by Gasteiger charge is -2.18. The molecule has 0 aromatic rings. The van der Waals surface area contributed by atoms with Crippen LogP contribution in [0.25, 0.3) is 0 Å². The fraction of sp³-hybridized carbons (Fsp3) is 0.580. The molecule has 0 amide bonds. The van der Waals surface area contributed by atoms with Crippen LogP contribution < -0.4 is 0 Å². The SMILES string of the molecule is CC/C=C\C/C=C\C/C=C\C/C=C\C/C=C\C/C=C\C/C=C\C/C=C\CCCCC(=O)OCC(COC(=O)CCCCCCC/C=C\CCCCCCCC)OC(=O)CCCC/C=C\C/C=C\C/C=C\C/C=C\CC.